The molecule has 0 spiro atoms. The Balaban J connectivity index is 0.000000227. The molecule has 0 aromatic heterocycles. The Morgan fingerprint density at radius 2 is 1.60 bits per heavy atom. The zero-order valence-electron chi connectivity index (χ0n) is 9.50. The zero-order valence-corrected chi connectivity index (χ0v) is 10.3. The summed E-state index contributed by atoms with van der Waals surface area (Å²) in [7, 11) is 0. The summed E-state index contributed by atoms with van der Waals surface area (Å²) in [5, 5.41) is 3.95. The van der Waals surface area contributed by atoms with Crippen molar-refractivity contribution in [1.29, 1.82) is 0 Å². The average Bonchev–Trinajstić information content (AvgIpc) is 2.36. The first-order valence-electron chi connectivity index (χ1n) is 5.38. The monoisotopic (exact) mass is 229 g/mol. The molecule has 1 saturated heterocycles. The maximum atomic E-state index is 5.54. The highest BCUT2D eigenvalue weighted by atomic mass is 35.5. The van der Waals surface area contributed by atoms with Crippen LogP contribution in [0.4, 0.5) is 0 Å². The van der Waals surface area contributed by atoms with Crippen LogP contribution in [0.2, 0.25) is 5.02 Å². The van der Waals surface area contributed by atoms with Gasteiger partial charge in [-0.15, -0.1) is 0 Å². The third-order valence-electron chi connectivity index (χ3n) is 1.58. The van der Waals surface area contributed by atoms with Gasteiger partial charge in [0.15, 0.2) is 0 Å². The van der Waals surface area contributed by atoms with E-state index in [-0.39, 0.29) is 0 Å². The molecule has 0 atom stereocenters. The Morgan fingerprint density at radius 1 is 1.07 bits per heavy atom. The molecule has 2 nitrogen and oxygen atoms in total. The number of rotatable bonds is 0. The van der Waals surface area contributed by atoms with Gasteiger partial charge in [0.25, 0.3) is 0 Å². The topological polar surface area (TPSA) is 21.3 Å². The maximum Gasteiger partial charge on any atom is 0.0591 e. The van der Waals surface area contributed by atoms with E-state index in [1.807, 2.05) is 44.2 Å². The fraction of sp³-hybridized carbons (Fsp3) is 0.500. The molecular formula is C12H20ClNO. The summed E-state index contributed by atoms with van der Waals surface area (Å²) in [5.74, 6) is 0. The number of morpholine rings is 1. The van der Waals surface area contributed by atoms with E-state index in [9.17, 15) is 0 Å². The van der Waals surface area contributed by atoms with Crippen molar-refractivity contribution in [3.8, 4) is 0 Å². The fourth-order valence-corrected chi connectivity index (χ4v) is 1.08. The van der Waals surface area contributed by atoms with Gasteiger partial charge in [-0.2, -0.15) is 0 Å². The summed E-state index contributed by atoms with van der Waals surface area (Å²) in [6, 6.07) is 9.44. The predicted octanol–water partition coefficient (Wildman–Crippen LogP) is 2.97. The summed E-state index contributed by atoms with van der Waals surface area (Å²) in [4.78, 5) is 0. The first-order valence-corrected chi connectivity index (χ1v) is 5.76. The lowest BCUT2D eigenvalue weighted by molar-refractivity contribution is 0.109. The summed E-state index contributed by atoms with van der Waals surface area (Å²) in [6.07, 6.45) is 0. The van der Waals surface area contributed by atoms with Gasteiger partial charge in [-0.1, -0.05) is 43.6 Å². The van der Waals surface area contributed by atoms with Crippen LogP contribution in [0.5, 0.6) is 0 Å². The van der Waals surface area contributed by atoms with Crippen molar-refractivity contribution in [3.05, 3.63) is 35.4 Å². The quantitative estimate of drug-likeness (QED) is 0.739. The molecule has 0 unspecified atom stereocenters. The van der Waals surface area contributed by atoms with Crippen LogP contribution in [0.25, 0.3) is 0 Å². The van der Waals surface area contributed by atoms with Crippen molar-refractivity contribution in [2.24, 2.45) is 0 Å². The van der Waals surface area contributed by atoms with Gasteiger partial charge in [0.1, 0.15) is 0 Å². The average molecular weight is 230 g/mol. The normalized spacial score (nSPS) is 14.1. The van der Waals surface area contributed by atoms with E-state index in [1.165, 1.54) is 0 Å². The van der Waals surface area contributed by atoms with Crippen LogP contribution in [-0.2, 0) is 4.74 Å². The predicted molar refractivity (Wildman–Crippen MR) is 66.5 cm³/mol. The molecule has 1 aliphatic heterocycles. The molecule has 0 bridgehead atoms. The van der Waals surface area contributed by atoms with E-state index in [2.05, 4.69) is 5.32 Å². The largest absolute Gasteiger partial charge is 0.379 e. The summed E-state index contributed by atoms with van der Waals surface area (Å²) >= 11 is 5.54. The minimum absolute atomic E-state index is 0.794. The molecule has 1 aromatic carbocycles. The van der Waals surface area contributed by atoms with Crippen LogP contribution in [0.1, 0.15) is 13.8 Å². The number of ether oxygens (including phenoxy) is 1. The Kier molecular flexibility index (Phi) is 11.1. The van der Waals surface area contributed by atoms with Gasteiger partial charge >= 0.3 is 0 Å². The van der Waals surface area contributed by atoms with Crippen molar-refractivity contribution < 1.29 is 4.74 Å². The zero-order chi connectivity index (χ0) is 11.4. The van der Waals surface area contributed by atoms with Gasteiger partial charge in [0.05, 0.1) is 13.2 Å². The number of benzene rings is 1. The lowest BCUT2D eigenvalue weighted by atomic mass is 10.4. The van der Waals surface area contributed by atoms with Gasteiger partial charge in [0.2, 0.25) is 0 Å². The van der Waals surface area contributed by atoms with Gasteiger partial charge < -0.3 is 10.1 Å². The number of nitrogens with one attached hydrogen (secondary N) is 1. The third-order valence-corrected chi connectivity index (χ3v) is 1.83. The highest BCUT2D eigenvalue weighted by molar-refractivity contribution is 6.30. The van der Waals surface area contributed by atoms with E-state index in [1.54, 1.807) is 0 Å². The second-order valence-corrected chi connectivity index (χ2v) is 3.09. The van der Waals surface area contributed by atoms with Gasteiger partial charge in [-0.3, -0.25) is 0 Å². The highest BCUT2D eigenvalue weighted by Crippen LogP contribution is 2.03. The second-order valence-electron chi connectivity index (χ2n) is 2.66. The molecule has 1 heterocycles. The van der Waals surface area contributed by atoms with Crippen LogP contribution in [-0.4, -0.2) is 26.3 Å². The van der Waals surface area contributed by atoms with Gasteiger partial charge in [-0.05, 0) is 12.1 Å². The SMILES string of the molecule is C1COCCN1.CC.Clc1ccccc1. The Bertz CT molecular complexity index is 201. The Labute approximate surface area is 97.6 Å². The molecule has 1 aromatic rings. The molecule has 1 aliphatic rings. The smallest absolute Gasteiger partial charge is 0.0591 e. The molecule has 86 valence electrons. The van der Waals surface area contributed by atoms with E-state index < -0.39 is 0 Å². The molecule has 0 amide bonds. The molecule has 0 aliphatic carbocycles. The fourth-order valence-electron chi connectivity index (χ4n) is 0.930. The van der Waals surface area contributed by atoms with Crippen LogP contribution < -0.4 is 5.32 Å². The first kappa shape index (κ1) is 14.4. The molecule has 2 rings (SSSR count). The van der Waals surface area contributed by atoms with Crippen molar-refractivity contribution >= 4 is 11.6 Å². The van der Waals surface area contributed by atoms with E-state index in [4.69, 9.17) is 16.3 Å². The minimum Gasteiger partial charge on any atom is -0.379 e. The van der Waals surface area contributed by atoms with Crippen LogP contribution in [0.15, 0.2) is 30.3 Å². The van der Waals surface area contributed by atoms with E-state index in [0.717, 1.165) is 31.3 Å². The molecule has 15 heavy (non-hydrogen) atoms. The van der Waals surface area contributed by atoms with Crippen molar-refractivity contribution in [2.45, 2.75) is 13.8 Å². The Morgan fingerprint density at radius 3 is 1.80 bits per heavy atom. The molecule has 1 fully saturated rings. The highest BCUT2D eigenvalue weighted by Gasteiger charge is 1.92. The Hall–Kier alpha value is -0.570. The molecular weight excluding hydrogens is 210 g/mol. The maximum absolute atomic E-state index is 5.54. The molecule has 1 N–H and O–H groups in total. The van der Waals surface area contributed by atoms with Crippen LogP contribution >= 0.6 is 11.6 Å². The number of hydrogen-bond donors (Lipinski definition) is 1. The minimum atomic E-state index is 0.794. The molecule has 0 radical (unpaired) electrons. The molecule has 0 saturated carbocycles. The van der Waals surface area contributed by atoms with Crippen LogP contribution in [0.3, 0.4) is 0 Å². The third kappa shape index (κ3) is 9.73. The van der Waals surface area contributed by atoms with Gasteiger partial charge in [-0.25, -0.2) is 0 Å². The van der Waals surface area contributed by atoms with E-state index >= 15 is 0 Å². The molecule has 3 heteroatoms. The summed E-state index contributed by atoms with van der Waals surface area (Å²) < 4.78 is 5.01. The van der Waals surface area contributed by atoms with E-state index in [0.29, 0.717) is 0 Å². The number of halogens is 1. The number of hydrogen-bond acceptors (Lipinski definition) is 2. The van der Waals surface area contributed by atoms with Crippen LogP contribution in [0, 0.1) is 0 Å². The summed E-state index contributed by atoms with van der Waals surface area (Å²) in [6.45, 7) is 7.83. The lowest BCUT2D eigenvalue weighted by Gasteiger charge is -2.10. The summed E-state index contributed by atoms with van der Waals surface area (Å²) in [5.41, 5.74) is 0. The van der Waals surface area contributed by atoms with Gasteiger partial charge in [0, 0.05) is 18.1 Å². The van der Waals surface area contributed by atoms with Crippen molar-refractivity contribution in [1.82, 2.24) is 5.32 Å². The van der Waals surface area contributed by atoms with Crippen molar-refractivity contribution in [3.63, 3.8) is 0 Å². The van der Waals surface area contributed by atoms with Crippen molar-refractivity contribution in [2.75, 3.05) is 26.3 Å². The lowest BCUT2D eigenvalue weighted by Crippen LogP contribution is -2.30. The standard InChI is InChI=1S/C6H5Cl.C4H9NO.C2H6/c7-6-4-2-1-3-5-6;1-3-6-4-2-5-1;1-2/h1-5H;5H,1-4H2;1-2H3. The second kappa shape index (κ2) is 11.5. The first-order chi connectivity index (χ1) is 7.39.